The van der Waals surface area contributed by atoms with Crippen LogP contribution in [0.25, 0.3) is 11.1 Å². The van der Waals surface area contributed by atoms with Crippen LogP contribution in [0.15, 0.2) is 52.9 Å². The van der Waals surface area contributed by atoms with Gasteiger partial charge in [-0.3, -0.25) is 9.59 Å². The molecule has 6 heteroatoms. The summed E-state index contributed by atoms with van der Waals surface area (Å²) in [6, 6.07) is 13.9. The molecule has 1 atom stereocenters. The molecule has 0 fully saturated rings. The van der Waals surface area contributed by atoms with Gasteiger partial charge in [0.15, 0.2) is 11.5 Å². The van der Waals surface area contributed by atoms with E-state index in [2.05, 4.69) is 15.6 Å². The Morgan fingerprint density at radius 2 is 1.92 bits per heavy atom. The maximum Gasteiger partial charge on any atom is 0.251 e. The Balaban J connectivity index is 1.56. The molecule has 0 saturated heterocycles. The quantitative estimate of drug-likeness (QED) is 0.748. The van der Waals surface area contributed by atoms with Crippen LogP contribution in [0.2, 0.25) is 0 Å². The number of nitrogens with zero attached hydrogens (tertiary/aromatic N) is 1. The van der Waals surface area contributed by atoms with Crippen LogP contribution in [0, 0.1) is 6.92 Å². The maximum atomic E-state index is 12.2. The molecule has 25 heavy (non-hydrogen) atoms. The molecule has 0 radical (unpaired) electrons. The van der Waals surface area contributed by atoms with Crippen molar-refractivity contribution < 1.29 is 14.0 Å². The summed E-state index contributed by atoms with van der Waals surface area (Å²) in [7, 11) is 0. The lowest BCUT2D eigenvalue weighted by Gasteiger charge is -2.14. The third-order valence-electron chi connectivity index (χ3n) is 3.68. The number of carbonyl (C=O) groups is 2. The Morgan fingerprint density at radius 1 is 1.16 bits per heavy atom. The van der Waals surface area contributed by atoms with Crippen LogP contribution in [-0.4, -0.2) is 22.8 Å². The van der Waals surface area contributed by atoms with Crippen molar-refractivity contribution in [1.82, 2.24) is 10.3 Å². The molecule has 0 aliphatic heterocycles. The lowest BCUT2D eigenvalue weighted by atomic mass is 10.1. The molecule has 1 heterocycles. The molecule has 0 saturated carbocycles. The van der Waals surface area contributed by atoms with Crippen LogP contribution < -0.4 is 10.6 Å². The largest absolute Gasteiger partial charge is 0.441 e. The van der Waals surface area contributed by atoms with E-state index in [1.165, 1.54) is 0 Å². The second kappa shape index (κ2) is 7.17. The number of benzene rings is 2. The predicted molar refractivity (Wildman–Crippen MR) is 95.4 cm³/mol. The Labute approximate surface area is 145 Å². The number of anilines is 1. The van der Waals surface area contributed by atoms with Gasteiger partial charge in [-0.1, -0.05) is 18.2 Å². The Kier molecular flexibility index (Phi) is 4.79. The van der Waals surface area contributed by atoms with Crippen molar-refractivity contribution in [3.05, 3.63) is 60.0 Å². The van der Waals surface area contributed by atoms with E-state index >= 15 is 0 Å². The molecule has 1 unspecified atom stereocenters. The lowest BCUT2D eigenvalue weighted by molar-refractivity contribution is -0.116. The number of aromatic nitrogens is 1. The SMILES string of the molecule is Cc1nc2ccc(NC(=O)CC(C)NC(=O)c3ccccc3)cc2o1. The van der Waals surface area contributed by atoms with Gasteiger partial charge in [0.25, 0.3) is 5.91 Å². The topological polar surface area (TPSA) is 84.2 Å². The van der Waals surface area contributed by atoms with Crippen LogP contribution in [0.4, 0.5) is 5.69 Å². The Hall–Kier alpha value is -3.15. The number of oxazole rings is 1. The first-order valence-electron chi connectivity index (χ1n) is 8.04. The van der Waals surface area contributed by atoms with E-state index in [-0.39, 0.29) is 24.3 Å². The second-order valence-corrected chi connectivity index (χ2v) is 5.91. The normalized spacial score (nSPS) is 11.9. The number of carbonyl (C=O) groups excluding carboxylic acids is 2. The molecule has 6 nitrogen and oxygen atoms in total. The Morgan fingerprint density at radius 3 is 2.68 bits per heavy atom. The zero-order chi connectivity index (χ0) is 17.8. The molecule has 128 valence electrons. The van der Waals surface area contributed by atoms with Crippen LogP contribution in [0.1, 0.15) is 29.6 Å². The molecule has 2 N–H and O–H groups in total. The summed E-state index contributed by atoms with van der Waals surface area (Å²) in [5.74, 6) is 0.201. The van der Waals surface area contributed by atoms with Crippen LogP contribution >= 0.6 is 0 Å². The summed E-state index contributed by atoms with van der Waals surface area (Å²) in [5, 5.41) is 5.63. The highest BCUT2D eigenvalue weighted by atomic mass is 16.3. The average Bonchev–Trinajstić information content (AvgIpc) is 2.94. The van der Waals surface area contributed by atoms with Gasteiger partial charge in [-0.05, 0) is 31.2 Å². The smallest absolute Gasteiger partial charge is 0.251 e. The predicted octanol–water partition coefficient (Wildman–Crippen LogP) is 3.28. The lowest BCUT2D eigenvalue weighted by Crippen LogP contribution is -2.35. The van der Waals surface area contributed by atoms with Gasteiger partial charge >= 0.3 is 0 Å². The molecule has 0 aliphatic carbocycles. The molecule has 0 bridgehead atoms. The van der Waals surface area contributed by atoms with Gasteiger partial charge < -0.3 is 15.1 Å². The fourth-order valence-electron chi connectivity index (χ4n) is 2.56. The summed E-state index contributed by atoms with van der Waals surface area (Å²) < 4.78 is 5.45. The number of nitrogens with one attached hydrogen (secondary N) is 2. The minimum Gasteiger partial charge on any atom is -0.441 e. The van der Waals surface area contributed by atoms with Crippen molar-refractivity contribution in [2.75, 3.05) is 5.32 Å². The molecule has 2 amide bonds. The van der Waals surface area contributed by atoms with Crippen molar-refractivity contribution in [2.45, 2.75) is 26.3 Å². The van der Waals surface area contributed by atoms with E-state index in [9.17, 15) is 9.59 Å². The van der Waals surface area contributed by atoms with E-state index in [1.807, 2.05) is 6.07 Å². The van der Waals surface area contributed by atoms with E-state index in [4.69, 9.17) is 4.42 Å². The molecule has 0 spiro atoms. The first-order chi connectivity index (χ1) is 12.0. The average molecular weight is 337 g/mol. The molecule has 3 rings (SSSR count). The number of hydrogen-bond donors (Lipinski definition) is 2. The van der Waals surface area contributed by atoms with Gasteiger partial charge in [0.1, 0.15) is 5.52 Å². The summed E-state index contributed by atoms with van der Waals surface area (Å²) in [6.07, 6.45) is 0.173. The summed E-state index contributed by atoms with van der Waals surface area (Å²) in [6.45, 7) is 3.57. The molecule has 0 aliphatic rings. The highest BCUT2D eigenvalue weighted by molar-refractivity contribution is 5.96. The zero-order valence-electron chi connectivity index (χ0n) is 14.1. The Bertz CT molecular complexity index is 903. The van der Waals surface area contributed by atoms with Crippen LogP contribution in [-0.2, 0) is 4.79 Å². The molecule has 1 aromatic heterocycles. The third kappa shape index (κ3) is 4.23. The number of rotatable bonds is 5. The van der Waals surface area contributed by atoms with Gasteiger partial charge in [-0.2, -0.15) is 0 Å². The molecule has 2 aromatic carbocycles. The van der Waals surface area contributed by atoms with Crippen LogP contribution in [0.3, 0.4) is 0 Å². The number of fused-ring (bicyclic) bond motifs is 1. The van der Waals surface area contributed by atoms with Crippen LogP contribution in [0.5, 0.6) is 0 Å². The second-order valence-electron chi connectivity index (χ2n) is 5.91. The van der Waals surface area contributed by atoms with Crippen molar-refractivity contribution in [2.24, 2.45) is 0 Å². The van der Waals surface area contributed by atoms with E-state index in [0.29, 0.717) is 22.7 Å². The van der Waals surface area contributed by atoms with Gasteiger partial charge in [0.2, 0.25) is 5.91 Å². The van der Waals surface area contributed by atoms with E-state index < -0.39 is 0 Å². The van der Waals surface area contributed by atoms with Gasteiger partial charge in [-0.15, -0.1) is 0 Å². The summed E-state index contributed by atoms with van der Waals surface area (Å²) in [5.41, 5.74) is 2.58. The van der Waals surface area contributed by atoms with Gasteiger partial charge in [-0.25, -0.2) is 4.98 Å². The van der Waals surface area contributed by atoms with Gasteiger partial charge in [0.05, 0.1) is 0 Å². The number of hydrogen-bond acceptors (Lipinski definition) is 4. The number of aryl methyl sites for hydroxylation is 1. The summed E-state index contributed by atoms with van der Waals surface area (Å²) in [4.78, 5) is 28.5. The fraction of sp³-hybridized carbons (Fsp3) is 0.211. The van der Waals surface area contributed by atoms with E-state index in [1.54, 1.807) is 56.3 Å². The maximum absolute atomic E-state index is 12.2. The first kappa shape index (κ1) is 16.7. The highest BCUT2D eigenvalue weighted by Gasteiger charge is 2.14. The molecule has 3 aromatic rings. The van der Waals surface area contributed by atoms with Crippen molar-refractivity contribution >= 4 is 28.6 Å². The number of amides is 2. The minimum atomic E-state index is -0.288. The van der Waals surface area contributed by atoms with Crippen molar-refractivity contribution in [1.29, 1.82) is 0 Å². The first-order valence-corrected chi connectivity index (χ1v) is 8.04. The van der Waals surface area contributed by atoms with Gasteiger partial charge in [0, 0.05) is 36.7 Å². The zero-order valence-corrected chi connectivity index (χ0v) is 14.1. The van der Waals surface area contributed by atoms with Crippen molar-refractivity contribution in [3.8, 4) is 0 Å². The standard InChI is InChI=1S/C19H19N3O3/c1-12(20-19(24)14-6-4-3-5-7-14)10-18(23)22-15-8-9-16-17(11-15)25-13(2)21-16/h3-9,11-12H,10H2,1-2H3,(H,20,24)(H,22,23). The fourth-order valence-corrected chi connectivity index (χ4v) is 2.56. The molecular formula is C19H19N3O3. The monoisotopic (exact) mass is 337 g/mol. The van der Waals surface area contributed by atoms with Crippen molar-refractivity contribution in [3.63, 3.8) is 0 Å². The minimum absolute atomic E-state index is 0.173. The molecular weight excluding hydrogens is 318 g/mol. The van der Waals surface area contributed by atoms with E-state index in [0.717, 1.165) is 5.52 Å². The highest BCUT2D eigenvalue weighted by Crippen LogP contribution is 2.20. The summed E-state index contributed by atoms with van der Waals surface area (Å²) >= 11 is 0. The third-order valence-corrected chi connectivity index (χ3v) is 3.68.